The normalized spacial score (nSPS) is 12.2. The molecule has 0 saturated carbocycles. The monoisotopic (exact) mass is 299 g/mol. The fourth-order valence-electron chi connectivity index (χ4n) is 2.08. The lowest BCUT2D eigenvalue weighted by molar-refractivity contribution is -0.123. The first-order valence-electron chi connectivity index (χ1n) is 8.06. The molecule has 0 aromatic heterocycles. The number of hydrogen-bond acceptors (Lipinski definition) is 3. The van der Waals surface area contributed by atoms with Crippen LogP contribution >= 0.6 is 0 Å². The van der Waals surface area contributed by atoms with Crippen LogP contribution in [0.4, 0.5) is 0 Å². The van der Waals surface area contributed by atoms with Gasteiger partial charge in [0.05, 0.1) is 6.04 Å². The van der Waals surface area contributed by atoms with Gasteiger partial charge in [-0.25, -0.2) is 0 Å². The molecule has 0 aliphatic carbocycles. The molecule has 6 heteroatoms. The van der Waals surface area contributed by atoms with Crippen molar-refractivity contribution in [3.8, 4) is 0 Å². The van der Waals surface area contributed by atoms with E-state index >= 15 is 0 Å². The number of amides is 1. The smallest absolute Gasteiger partial charge is 0.237 e. The standard InChI is InChI=1S/C15H33N5O/c1-4-5-6-7-10-18-14(21)13(20-12(2)3)9-8-11-19-15(16)17/h12-13,20H,4-11H2,1-3H3,(H,18,21)(H4,16,17,19). The number of guanidine groups is 1. The molecule has 1 amide bonds. The molecule has 0 aromatic carbocycles. The van der Waals surface area contributed by atoms with Gasteiger partial charge in [0.2, 0.25) is 5.91 Å². The van der Waals surface area contributed by atoms with E-state index in [1.807, 2.05) is 13.8 Å². The highest BCUT2D eigenvalue weighted by atomic mass is 16.2. The number of rotatable bonds is 12. The van der Waals surface area contributed by atoms with E-state index in [4.69, 9.17) is 11.5 Å². The Labute approximate surface area is 129 Å². The first-order valence-corrected chi connectivity index (χ1v) is 8.06. The summed E-state index contributed by atoms with van der Waals surface area (Å²) in [7, 11) is 0. The number of nitrogens with one attached hydrogen (secondary N) is 2. The van der Waals surface area contributed by atoms with Crippen LogP contribution in [0.5, 0.6) is 0 Å². The van der Waals surface area contributed by atoms with E-state index in [1.54, 1.807) is 0 Å². The maximum atomic E-state index is 12.2. The minimum absolute atomic E-state index is 0.0740. The molecular weight excluding hydrogens is 266 g/mol. The Hall–Kier alpha value is -1.30. The SMILES string of the molecule is CCCCCCNC(=O)C(CCCN=C(N)N)NC(C)C. The van der Waals surface area contributed by atoms with Crippen LogP contribution in [-0.4, -0.2) is 37.0 Å². The van der Waals surface area contributed by atoms with E-state index in [-0.39, 0.29) is 24.0 Å². The molecule has 6 N–H and O–H groups in total. The fraction of sp³-hybridized carbons (Fsp3) is 0.867. The summed E-state index contributed by atoms with van der Waals surface area (Å²) in [6, 6.07) is 0.0919. The zero-order valence-corrected chi connectivity index (χ0v) is 13.8. The van der Waals surface area contributed by atoms with Gasteiger partial charge in [-0.1, -0.05) is 40.0 Å². The lowest BCUT2D eigenvalue weighted by Gasteiger charge is -2.20. The van der Waals surface area contributed by atoms with E-state index in [1.165, 1.54) is 19.3 Å². The minimum atomic E-state index is -0.176. The molecule has 6 nitrogen and oxygen atoms in total. The van der Waals surface area contributed by atoms with Gasteiger partial charge >= 0.3 is 0 Å². The van der Waals surface area contributed by atoms with Gasteiger partial charge in [-0.3, -0.25) is 9.79 Å². The maximum absolute atomic E-state index is 12.2. The summed E-state index contributed by atoms with van der Waals surface area (Å²) in [6.45, 7) is 7.57. The lowest BCUT2D eigenvalue weighted by Crippen LogP contribution is -2.47. The third-order valence-electron chi connectivity index (χ3n) is 3.13. The first kappa shape index (κ1) is 19.7. The van der Waals surface area contributed by atoms with E-state index < -0.39 is 0 Å². The van der Waals surface area contributed by atoms with Crippen LogP contribution in [0.25, 0.3) is 0 Å². The quantitative estimate of drug-likeness (QED) is 0.246. The summed E-state index contributed by atoms with van der Waals surface area (Å²) < 4.78 is 0. The summed E-state index contributed by atoms with van der Waals surface area (Å²) >= 11 is 0. The maximum Gasteiger partial charge on any atom is 0.237 e. The summed E-state index contributed by atoms with van der Waals surface area (Å²) in [6.07, 6.45) is 6.16. The Morgan fingerprint density at radius 1 is 1.14 bits per heavy atom. The van der Waals surface area contributed by atoms with Gasteiger partial charge in [-0.05, 0) is 19.3 Å². The third-order valence-corrected chi connectivity index (χ3v) is 3.13. The van der Waals surface area contributed by atoms with Gasteiger partial charge in [0.15, 0.2) is 5.96 Å². The molecular formula is C15H33N5O. The number of aliphatic imine (C=N–C) groups is 1. The number of carbonyl (C=O) groups is 1. The average molecular weight is 299 g/mol. The number of carbonyl (C=O) groups excluding carboxylic acids is 1. The average Bonchev–Trinajstić information content (AvgIpc) is 2.41. The van der Waals surface area contributed by atoms with Crippen molar-refractivity contribution in [3.05, 3.63) is 0 Å². The van der Waals surface area contributed by atoms with Crippen molar-refractivity contribution in [2.45, 2.75) is 71.4 Å². The van der Waals surface area contributed by atoms with Gasteiger partial charge in [0.1, 0.15) is 0 Å². The summed E-state index contributed by atoms with van der Waals surface area (Å²) in [5.41, 5.74) is 10.6. The van der Waals surface area contributed by atoms with Crippen molar-refractivity contribution in [3.63, 3.8) is 0 Å². The van der Waals surface area contributed by atoms with Gasteiger partial charge < -0.3 is 22.1 Å². The summed E-state index contributed by atoms with van der Waals surface area (Å²) in [5, 5.41) is 6.31. The van der Waals surface area contributed by atoms with Crippen LogP contribution in [0.15, 0.2) is 4.99 Å². The lowest BCUT2D eigenvalue weighted by atomic mass is 10.1. The highest BCUT2D eigenvalue weighted by Crippen LogP contribution is 2.01. The Kier molecular flexibility index (Phi) is 11.7. The molecule has 0 saturated heterocycles. The molecule has 0 spiro atoms. The predicted molar refractivity (Wildman–Crippen MR) is 89.1 cm³/mol. The first-order chi connectivity index (χ1) is 9.97. The molecule has 0 rings (SSSR count). The summed E-state index contributed by atoms with van der Waals surface area (Å²) in [5.74, 6) is 0.175. The van der Waals surface area contributed by atoms with Gasteiger partial charge in [-0.15, -0.1) is 0 Å². The zero-order chi connectivity index (χ0) is 16.1. The molecule has 0 fully saturated rings. The Morgan fingerprint density at radius 2 is 1.86 bits per heavy atom. The molecule has 21 heavy (non-hydrogen) atoms. The van der Waals surface area contributed by atoms with Crippen molar-refractivity contribution < 1.29 is 4.79 Å². The van der Waals surface area contributed by atoms with Crippen LogP contribution in [0.1, 0.15) is 59.3 Å². The Balaban J connectivity index is 4.07. The largest absolute Gasteiger partial charge is 0.370 e. The van der Waals surface area contributed by atoms with E-state index in [2.05, 4.69) is 22.5 Å². The molecule has 0 aliphatic heterocycles. The number of nitrogens with zero attached hydrogens (tertiary/aromatic N) is 1. The molecule has 0 bridgehead atoms. The van der Waals surface area contributed by atoms with Crippen molar-refractivity contribution in [2.75, 3.05) is 13.1 Å². The topological polar surface area (TPSA) is 106 Å². The fourth-order valence-corrected chi connectivity index (χ4v) is 2.08. The van der Waals surface area contributed by atoms with Crippen LogP contribution in [-0.2, 0) is 4.79 Å². The molecule has 0 radical (unpaired) electrons. The zero-order valence-electron chi connectivity index (χ0n) is 13.8. The van der Waals surface area contributed by atoms with Crippen molar-refractivity contribution in [1.29, 1.82) is 0 Å². The third kappa shape index (κ3) is 12.2. The van der Waals surface area contributed by atoms with Crippen LogP contribution in [0.2, 0.25) is 0 Å². The molecule has 0 aromatic rings. The second kappa shape index (κ2) is 12.4. The minimum Gasteiger partial charge on any atom is -0.370 e. The van der Waals surface area contributed by atoms with Gasteiger partial charge in [0.25, 0.3) is 0 Å². The predicted octanol–water partition coefficient (Wildman–Crippen LogP) is 1.10. The van der Waals surface area contributed by atoms with E-state index in [0.29, 0.717) is 6.54 Å². The number of nitrogens with two attached hydrogens (primary N) is 2. The molecule has 0 heterocycles. The molecule has 1 unspecified atom stereocenters. The van der Waals surface area contributed by atoms with Gasteiger partial charge in [0, 0.05) is 19.1 Å². The van der Waals surface area contributed by atoms with Crippen molar-refractivity contribution >= 4 is 11.9 Å². The van der Waals surface area contributed by atoms with Crippen LogP contribution in [0.3, 0.4) is 0 Å². The van der Waals surface area contributed by atoms with Crippen molar-refractivity contribution in [2.24, 2.45) is 16.5 Å². The Bertz CT molecular complexity index is 300. The van der Waals surface area contributed by atoms with Crippen LogP contribution in [0, 0.1) is 0 Å². The molecule has 0 aliphatic rings. The molecule has 1 atom stereocenters. The second-order valence-electron chi connectivity index (χ2n) is 5.67. The Morgan fingerprint density at radius 3 is 2.43 bits per heavy atom. The summed E-state index contributed by atoms with van der Waals surface area (Å²) in [4.78, 5) is 16.1. The van der Waals surface area contributed by atoms with E-state index in [0.717, 1.165) is 25.8 Å². The van der Waals surface area contributed by atoms with E-state index in [9.17, 15) is 4.79 Å². The van der Waals surface area contributed by atoms with Crippen molar-refractivity contribution in [1.82, 2.24) is 10.6 Å². The molecule has 124 valence electrons. The number of hydrogen-bond donors (Lipinski definition) is 4. The highest BCUT2D eigenvalue weighted by molar-refractivity contribution is 5.81. The van der Waals surface area contributed by atoms with Crippen LogP contribution < -0.4 is 22.1 Å². The number of unbranched alkanes of at least 4 members (excludes halogenated alkanes) is 3. The highest BCUT2D eigenvalue weighted by Gasteiger charge is 2.17. The second-order valence-corrected chi connectivity index (χ2v) is 5.67. The van der Waals surface area contributed by atoms with Gasteiger partial charge in [-0.2, -0.15) is 0 Å².